The van der Waals surface area contributed by atoms with Crippen LogP contribution in [0.4, 0.5) is 0 Å². The van der Waals surface area contributed by atoms with E-state index in [4.69, 9.17) is 11.6 Å². The number of phenols is 1. The van der Waals surface area contributed by atoms with E-state index in [9.17, 15) is 9.90 Å². The zero-order valence-corrected chi connectivity index (χ0v) is 10.8. The number of aryl methyl sites for hydroxylation is 1. The van der Waals surface area contributed by atoms with Crippen LogP contribution < -0.4 is 0 Å². The summed E-state index contributed by atoms with van der Waals surface area (Å²) in [6.07, 6.45) is 5.67. The van der Waals surface area contributed by atoms with Gasteiger partial charge in [-0.1, -0.05) is 18.5 Å². The van der Waals surface area contributed by atoms with Crippen molar-refractivity contribution in [2.24, 2.45) is 0 Å². The third-order valence-electron chi connectivity index (χ3n) is 3.56. The van der Waals surface area contributed by atoms with Crippen LogP contribution in [0.5, 0.6) is 5.75 Å². The monoisotopic (exact) mass is 252 g/mol. The van der Waals surface area contributed by atoms with Crippen LogP contribution in [0, 0.1) is 0 Å². The topological polar surface area (TPSA) is 37.3 Å². The number of halogens is 1. The van der Waals surface area contributed by atoms with Gasteiger partial charge in [-0.15, -0.1) is 0 Å². The molecule has 1 unspecified atom stereocenters. The summed E-state index contributed by atoms with van der Waals surface area (Å²) in [6.45, 7) is 1.97. The number of benzene rings is 1. The Bertz CT molecular complexity index is 440. The first-order chi connectivity index (χ1) is 8.15. The van der Waals surface area contributed by atoms with Crippen LogP contribution in [0.15, 0.2) is 6.07 Å². The Morgan fingerprint density at radius 1 is 1.47 bits per heavy atom. The molecule has 0 aromatic heterocycles. The number of aldehydes is 1. The van der Waals surface area contributed by atoms with Gasteiger partial charge < -0.3 is 9.90 Å². The van der Waals surface area contributed by atoms with E-state index in [1.807, 2.05) is 13.0 Å². The summed E-state index contributed by atoms with van der Waals surface area (Å²) in [5.41, 5.74) is 3.35. The summed E-state index contributed by atoms with van der Waals surface area (Å²) < 4.78 is 0. The number of hydrogen-bond donors (Lipinski definition) is 1. The van der Waals surface area contributed by atoms with Crippen molar-refractivity contribution in [1.82, 2.24) is 0 Å². The number of fused-ring (bicyclic) bond motifs is 1. The van der Waals surface area contributed by atoms with E-state index < -0.39 is 0 Å². The molecule has 0 bridgehead atoms. The average molecular weight is 253 g/mol. The van der Waals surface area contributed by atoms with Crippen molar-refractivity contribution in [1.29, 1.82) is 0 Å². The lowest BCUT2D eigenvalue weighted by Gasteiger charge is -2.24. The second-order valence-corrected chi connectivity index (χ2v) is 5.18. The van der Waals surface area contributed by atoms with Gasteiger partial charge in [0.25, 0.3) is 0 Å². The van der Waals surface area contributed by atoms with Gasteiger partial charge >= 0.3 is 0 Å². The van der Waals surface area contributed by atoms with Crippen LogP contribution in [-0.2, 0) is 17.6 Å². The first kappa shape index (κ1) is 12.4. The molecule has 2 nitrogen and oxygen atoms in total. The smallest absolute Gasteiger partial charge is 0.137 e. The predicted octanol–water partition coefficient (Wildman–Crippen LogP) is 3.62. The molecule has 92 valence electrons. The molecule has 1 aromatic rings. The molecule has 0 radical (unpaired) electrons. The van der Waals surface area contributed by atoms with Gasteiger partial charge in [0, 0.05) is 12.0 Å². The van der Waals surface area contributed by atoms with E-state index in [2.05, 4.69) is 0 Å². The number of carbonyl (C=O) groups excluding carboxylic acids is 1. The molecule has 0 saturated carbocycles. The number of aromatic hydroxyl groups is 1. The molecule has 0 saturated heterocycles. The Labute approximate surface area is 107 Å². The van der Waals surface area contributed by atoms with Crippen LogP contribution in [0.25, 0.3) is 0 Å². The van der Waals surface area contributed by atoms with Crippen LogP contribution in [-0.4, -0.2) is 11.4 Å². The first-order valence-electron chi connectivity index (χ1n) is 6.12. The minimum absolute atomic E-state index is 0.0399. The van der Waals surface area contributed by atoms with Crippen LogP contribution in [0.2, 0.25) is 5.02 Å². The van der Waals surface area contributed by atoms with Gasteiger partial charge in [0.05, 0.1) is 5.02 Å². The van der Waals surface area contributed by atoms with Crippen molar-refractivity contribution in [2.75, 3.05) is 0 Å². The summed E-state index contributed by atoms with van der Waals surface area (Å²) in [5, 5.41) is 10.5. The standard InChI is InChI=1S/C14H17ClO2/c1-9(6-7-16)13-11-5-3-2-4-10(11)8-12(15)14(13)17/h7-9,17H,2-6H2,1H3. The molecule has 17 heavy (non-hydrogen) atoms. The van der Waals surface area contributed by atoms with E-state index >= 15 is 0 Å². The molecule has 0 heterocycles. The number of carbonyl (C=O) groups is 1. The molecule has 3 heteroatoms. The van der Waals surface area contributed by atoms with Crippen molar-refractivity contribution in [3.63, 3.8) is 0 Å². The Morgan fingerprint density at radius 3 is 2.88 bits per heavy atom. The second kappa shape index (κ2) is 5.09. The first-order valence-corrected chi connectivity index (χ1v) is 6.49. The van der Waals surface area contributed by atoms with Gasteiger partial charge in [-0.25, -0.2) is 0 Å². The summed E-state index contributed by atoms with van der Waals surface area (Å²) in [4.78, 5) is 10.6. The second-order valence-electron chi connectivity index (χ2n) is 4.77. The van der Waals surface area contributed by atoms with Gasteiger partial charge in [0.2, 0.25) is 0 Å². The number of phenolic OH excluding ortho intramolecular Hbond substituents is 1. The van der Waals surface area contributed by atoms with E-state index in [1.54, 1.807) is 0 Å². The molecule has 1 aromatic carbocycles. The fourth-order valence-electron chi connectivity index (χ4n) is 2.68. The highest BCUT2D eigenvalue weighted by molar-refractivity contribution is 6.32. The molecule has 1 atom stereocenters. The summed E-state index contributed by atoms with van der Waals surface area (Å²) in [6, 6.07) is 1.88. The van der Waals surface area contributed by atoms with Crippen molar-refractivity contribution >= 4 is 17.9 Å². The summed E-state index contributed by atoms with van der Waals surface area (Å²) in [5.74, 6) is 0.208. The lowest BCUT2D eigenvalue weighted by Crippen LogP contribution is -2.09. The van der Waals surface area contributed by atoms with Crippen LogP contribution in [0.1, 0.15) is 48.8 Å². The molecule has 0 fully saturated rings. The molecule has 0 spiro atoms. The number of rotatable bonds is 3. The zero-order valence-electron chi connectivity index (χ0n) is 10.0. The van der Waals surface area contributed by atoms with Crippen molar-refractivity contribution < 1.29 is 9.90 Å². The summed E-state index contributed by atoms with van der Waals surface area (Å²) >= 11 is 6.06. The lowest BCUT2D eigenvalue weighted by molar-refractivity contribution is -0.108. The fourth-order valence-corrected chi connectivity index (χ4v) is 2.92. The Balaban J connectivity index is 2.54. The van der Waals surface area contributed by atoms with Gasteiger partial charge in [0.1, 0.15) is 12.0 Å². The molecule has 0 amide bonds. The normalized spacial score (nSPS) is 16.4. The Morgan fingerprint density at radius 2 is 2.18 bits per heavy atom. The van der Waals surface area contributed by atoms with Gasteiger partial charge in [-0.05, 0) is 48.8 Å². The van der Waals surface area contributed by atoms with Gasteiger partial charge in [-0.3, -0.25) is 0 Å². The van der Waals surface area contributed by atoms with Crippen molar-refractivity contribution in [3.8, 4) is 5.75 Å². The van der Waals surface area contributed by atoms with Gasteiger partial charge in [0.15, 0.2) is 0 Å². The van der Waals surface area contributed by atoms with Crippen molar-refractivity contribution in [2.45, 2.75) is 44.9 Å². The maximum Gasteiger partial charge on any atom is 0.137 e. The van der Waals surface area contributed by atoms with E-state index in [0.717, 1.165) is 31.1 Å². The molecular weight excluding hydrogens is 236 g/mol. The van der Waals surface area contributed by atoms with Crippen LogP contribution in [0.3, 0.4) is 0 Å². The predicted molar refractivity (Wildman–Crippen MR) is 68.9 cm³/mol. The van der Waals surface area contributed by atoms with E-state index in [-0.39, 0.29) is 11.7 Å². The maximum atomic E-state index is 10.6. The van der Waals surface area contributed by atoms with Gasteiger partial charge in [-0.2, -0.15) is 0 Å². The highest BCUT2D eigenvalue weighted by Gasteiger charge is 2.22. The minimum atomic E-state index is 0.0399. The fraction of sp³-hybridized carbons (Fsp3) is 0.500. The van der Waals surface area contributed by atoms with E-state index in [0.29, 0.717) is 11.4 Å². The molecule has 1 N–H and O–H groups in total. The lowest BCUT2D eigenvalue weighted by atomic mass is 9.83. The SMILES string of the molecule is CC(CC=O)c1c(O)c(Cl)cc2c1CCCC2. The molecule has 1 aliphatic rings. The number of hydrogen-bond acceptors (Lipinski definition) is 2. The highest BCUT2D eigenvalue weighted by atomic mass is 35.5. The highest BCUT2D eigenvalue weighted by Crippen LogP contribution is 2.41. The van der Waals surface area contributed by atoms with Crippen LogP contribution >= 0.6 is 11.6 Å². The molecular formula is C14H17ClO2. The van der Waals surface area contributed by atoms with Crippen molar-refractivity contribution in [3.05, 3.63) is 27.8 Å². The van der Waals surface area contributed by atoms with E-state index in [1.165, 1.54) is 17.5 Å². The Hall–Kier alpha value is -1.02. The Kier molecular flexibility index (Phi) is 3.72. The third-order valence-corrected chi connectivity index (χ3v) is 3.85. The quantitative estimate of drug-likeness (QED) is 0.835. The zero-order chi connectivity index (χ0) is 12.4. The maximum absolute atomic E-state index is 10.6. The molecule has 0 aliphatic heterocycles. The average Bonchev–Trinajstić information content (AvgIpc) is 2.31. The largest absolute Gasteiger partial charge is 0.506 e. The minimum Gasteiger partial charge on any atom is -0.506 e. The molecule has 1 aliphatic carbocycles. The summed E-state index contributed by atoms with van der Waals surface area (Å²) in [7, 11) is 0. The third kappa shape index (κ3) is 2.32. The molecule has 2 rings (SSSR count).